The van der Waals surface area contributed by atoms with Crippen molar-refractivity contribution in [2.24, 2.45) is 5.92 Å². The lowest BCUT2D eigenvalue weighted by Crippen LogP contribution is -2.42. The molecule has 2 unspecified atom stereocenters. The smallest absolute Gasteiger partial charge is 0.238 e. The number of nitrogens with zero attached hydrogens (tertiary/aromatic N) is 1. The van der Waals surface area contributed by atoms with Gasteiger partial charge in [0.15, 0.2) is 0 Å². The number of carbonyl (C=O) groups excluding carboxylic acids is 1. The van der Waals surface area contributed by atoms with Crippen LogP contribution in [0.5, 0.6) is 0 Å². The summed E-state index contributed by atoms with van der Waals surface area (Å²) in [5, 5.41) is 2.89. The maximum Gasteiger partial charge on any atom is 0.238 e. The molecular weight excluding hydrogens is 250 g/mol. The van der Waals surface area contributed by atoms with Crippen LogP contribution in [-0.4, -0.2) is 30.4 Å². The number of hydrogen-bond acceptors (Lipinski definition) is 3. The molecule has 1 aromatic carbocycles. The molecule has 1 amide bonds. The van der Waals surface area contributed by atoms with Gasteiger partial charge >= 0.3 is 0 Å². The van der Waals surface area contributed by atoms with Gasteiger partial charge in [-0.2, -0.15) is 0 Å². The van der Waals surface area contributed by atoms with E-state index in [2.05, 4.69) is 17.1 Å². The molecule has 2 atom stereocenters. The molecule has 3 N–H and O–H groups in total. The lowest BCUT2D eigenvalue weighted by molar-refractivity contribution is -0.117. The van der Waals surface area contributed by atoms with Crippen LogP contribution in [0.25, 0.3) is 0 Å². The highest BCUT2D eigenvalue weighted by atomic mass is 16.2. The lowest BCUT2D eigenvalue weighted by Gasteiger charge is -2.35. The minimum Gasteiger partial charge on any atom is -0.397 e. The highest BCUT2D eigenvalue weighted by molar-refractivity contribution is 5.95. The van der Waals surface area contributed by atoms with Gasteiger partial charge in [-0.25, -0.2) is 0 Å². The maximum atomic E-state index is 12.1. The van der Waals surface area contributed by atoms with Crippen molar-refractivity contribution in [3.8, 4) is 0 Å². The van der Waals surface area contributed by atoms with Gasteiger partial charge in [-0.15, -0.1) is 0 Å². The van der Waals surface area contributed by atoms with Gasteiger partial charge in [-0.1, -0.05) is 31.9 Å². The van der Waals surface area contributed by atoms with E-state index < -0.39 is 0 Å². The lowest BCUT2D eigenvalue weighted by atomic mass is 9.85. The Balaban J connectivity index is 1.89. The zero-order chi connectivity index (χ0) is 14.5. The third-order valence-corrected chi connectivity index (χ3v) is 4.26. The normalized spacial score (nSPS) is 22.8. The van der Waals surface area contributed by atoms with Gasteiger partial charge in [0.25, 0.3) is 0 Å². The van der Waals surface area contributed by atoms with E-state index in [0.717, 1.165) is 0 Å². The Bertz CT molecular complexity index is 461. The summed E-state index contributed by atoms with van der Waals surface area (Å²) in [5.41, 5.74) is 7.14. The molecule has 2 rings (SSSR count). The average molecular weight is 275 g/mol. The van der Waals surface area contributed by atoms with Crippen molar-refractivity contribution in [3.63, 3.8) is 0 Å². The number of likely N-dealkylation sites (N-methyl/N-ethyl adjacent to an activating group) is 1. The molecule has 0 spiro atoms. The second-order valence-corrected chi connectivity index (χ2v) is 5.88. The second kappa shape index (κ2) is 6.75. The molecule has 1 aliphatic carbocycles. The Morgan fingerprint density at radius 1 is 1.35 bits per heavy atom. The van der Waals surface area contributed by atoms with Gasteiger partial charge in [0, 0.05) is 6.04 Å². The van der Waals surface area contributed by atoms with E-state index in [1.165, 1.54) is 25.7 Å². The third-order valence-electron chi connectivity index (χ3n) is 4.26. The zero-order valence-electron chi connectivity index (χ0n) is 12.4. The number of nitrogens with two attached hydrogens (primary N) is 1. The number of amides is 1. The number of carbonyl (C=O) groups is 1. The fraction of sp³-hybridized carbons (Fsp3) is 0.562. The van der Waals surface area contributed by atoms with Crippen molar-refractivity contribution < 1.29 is 4.79 Å². The average Bonchev–Trinajstić information content (AvgIpc) is 2.41. The van der Waals surface area contributed by atoms with Crippen LogP contribution in [0, 0.1) is 5.92 Å². The molecule has 0 radical (unpaired) electrons. The predicted octanol–water partition coefficient (Wildman–Crippen LogP) is 2.72. The maximum absolute atomic E-state index is 12.1. The second-order valence-electron chi connectivity index (χ2n) is 5.88. The van der Waals surface area contributed by atoms with Crippen molar-refractivity contribution in [1.29, 1.82) is 0 Å². The molecule has 1 aliphatic rings. The number of para-hydroxylation sites is 2. The number of anilines is 2. The monoisotopic (exact) mass is 275 g/mol. The zero-order valence-corrected chi connectivity index (χ0v) is 12.4. The SMILES string of the molecule is CC1CCCCC1N(C)CC(=O)Nc1ccccc1N. The summed E-state index contributed by atoms with van der Waals surface area (Å²) in [6.07, 6.45) is 5.05. The van der Waals surface area contributed by atoms with E-state index >= 15 is 0 Å². The van der Waals surface area contributed by atoms with Crippen LogP contribution in [0.2, 0.25) is 0 Å². The summed E-state index contributed by atoms with van der Waals surface area (Å²) in [5.74, 6) is 0.673. The van der Waals surface area contributed by atoms with Crippen LogP contribution >= 0.6 is 0 Å². The highest BCUT2D eigenvalue weighted by Gasteiger charge is 2.25. The van der Waals surface area contributed by atoms with E-state index in [9.17, 15) is 4.79 Å². The van der Waals surface area contributed by atoms with Crippen LogP contribution in [0.4, 0.5) is 11.4 Å². The topological polar surface area (TPSA) is 58.4 Å². The molecule has 0 aromatic heterocycles. The van der Waals surface area contributed by atoms with Gasteiger partial charge in [0.05, 0.1) is 17.9 Å². The fourth-order valence-electron chi connectivity index (χ4n) is 3.10. The summed E-state index contributed by atoms with van der Waals surface area (Å²) < 4.78 is 0. The molecular formula is C16H25N3O. The largest absolute Gasteiger partial charge is 0.397 e. The molecule has 0 saturated heterocycles. The van der Waals surface area contributed by atoms with Gasteiger partial charge in [-0.3, -0.25) is 9.69 Å². The standard InChI is InChI=1S/C16H25N3O/c1-12-7-3-6-10-15(12)19(2)11-16(20)18-14-9-5-4-8-13(14)17/h4-5,8-9,12,15H,3,6-7,10-11,17H2,1-2H3,(H,18,20). The van der Waals surface area contributed by atoms with Crippen molar-refractivity contribution in [1.82, 2.24) is 4.90 Å². The molecule has 20 heavy (non-hydrogen) atoms. The van der Waals surface area contributed by atoms with Crippen molar-refractivity contribution in [2.45, 2.75) is 38.6 Å². The molecule has 110 valence electrons. The van der Waals surface area contributed by atoms with Crippen molar-refractivity contribution >= 4 is 17.3 Å². The Labute approximate surface area is 121 Å². The van der Waals surface area contributed by atoms with Gasteiger partial charge in [0.1, 0.15) is 0 Å². The number of nitrogens with one attached hydrogen (secondary N) is 1. The van der Waals surface area contributed by atoms with E-state index in [1.54, 1.807) is 6.07 Å². The number of benzene rings is 1. The Morgan fingerprint density at radius 2 is 2.05 bits per heavy atom. The molecule has 0 heterocycles. The molecule has 0 bridgehead atoms. The van der Waals surface area contributed by atoms with Gasteiger partial charge in [0.2, 0.25) is 5.91 Å². The first-order valence-corrected chi connectivity index (χ1v) is 7.42. The van der Waals surface area contributed by atoms with E-state index in [4.69, 9.17) is 5.73 Å². The minimum atomic E-state index is 0.00294. The summed E-state index contributed by atoms with van der Waals surface area (Å²) >= 11 is 0. The molecule has 1 aromatic rings. The highest BCUT2D eigenvalue weighted by Crippen LogP contribution is 2.27. The van der Waals surface area contributed by atoms with E-state index in [1.807, 2.05) is 25.2 Å². The Kier molecular flexibility index (Phi) is 5.01. The van der Waals surface area contributed by atoms with Crippen LogP contribution in [0.15, 0.2) is 24.3 Å². The van der Waals surface area contributed by atoms with Gasteiger partial charge in [-0.05, 0) is 37.9 Å². The van der Waals surface area contributed by atoms with Crippen molar-refractivity contribution in [2.75, 3.05) is 24.6 Å². The molecule has 1 fully saturated rings. The summed E-state index contributed by atoms with van der Waals surface area (Å²) in [6, 6.07) is 7.88. The molecule has 1 saturated carbocycles. The number of rotatable bonds is 4. The first-order valence-electron chi connectivity index (χ1n) is 7.42. The Hall–Kier alpha value is -1.55. The first kappa shape index (κ1) is 14.9. The number of hydrogen-bond donors (Lipinski definition) is 2. The number of nitrogen functional groups attached to an aromatic ring is 1. The van der Waals surface area contributed by atoms with Crippen molar-refractivity contribution in [3.05, 3.63) is 24.3 Å². The first-order chi connectivity index (χ1) is 9.58. The van der Waals surface area contributed by atoms with Crippen LogP contribution in [0.3, 0.4) is 0 Å². The molecule has 0 aliphatic heterocycles. The van der Waals surface area contributed by atoms with E-state index in [0.29, 0.717) is 29.9 Å². The molecule has 4 heteroatoms. The fourth-order valence-corrected chi connectivity index (χ4v) is 3.10. The third kappa shape index (κ3) is 3.73. The summed E-state index contributed by atoms with van der Waals surface area (Å²) in [7, 11) is 2.04. The van der Waals surface area contributed by atoms with E-state index in [-0.39, 0.29) is 5.91 Å². The van der Waals surface area contributed by atoms with Gasteiger partial charge < -0.3 is 11.1 Å². The Morgan fingerprint density at radius 3 is 2.75 bits per heavy atom. The minimum absolute atomic E-state index is 0.00294. The predicted molar refractivity (Wildman–Crippen MR) is 83.5 cm³/mol. The molecule has 4 nitrogen and oxygen atoms in total. The van der Waals surface area contributed by atoms with Crippen LogP contribution in [-0.2, 0) is 4.79 Å². The quantitative estimate of drug-likeness (QED) is 0.831. The van der Waals surface area contributed by atoms with Crippen LogP contribution < -0.4 is 11.1 Å². The van der Waals surface area contributed by atoms with Crippen LogP contribution in [0.1, 0.15) is 32.6 Å². The summed E-state index contributed by atoms with van der Waals surface area (Å²) in [6.45, 7) is 2.71. The summed E-state index contributed by atoms with van der Waals surface area (Å²) in [4.78, 5) is 14.3.